The molecule has 18 heteroatoms. The number of anilines is 9. The van der Waals surface area contributed by atoms with E-state index in [2.05, 4.69) is 90.4 Å². The summed E-state index contributed by atoms with van der Waals surface area (Å²) < 4.78 is 0. The molecule has 0 saturated heterocycles. The summed E-state index contributed by atoms with van der Waals surface area (Å²) in [6, 6.07) is 7.19. The molecule has 0 aliphatic rings. The maximum absolute atomic E-state index is 6.72. The molecule has 0 spiro atoms. The zero-order valence-electron chi connectivity index (χ0n) is 71.1. The van der Waals surface area contributed by atoms with E-state index in [9.17, 15) is 0 Å². The molecule has 18 nitrogen and oxygen atoms in total. The number of nitrogens with one attached hydrogen (secondary N) is 3. The van der Waals surface area contributed by atoms with Crippen LogP contribution in [0.5, 0.6) is 0 Å². The summed E-state index contributed by atoms with van der Waals surface area (Å²) in [4.78, 5) is 51.7. The van der Waals surface area contributed by atoms with Crippen LogP contribution < -0.4 is 47.9 Å². The van der Waals surface area contributed by atoms with Crippen molar-refractivity contribution < 1.29 is 0 Å². The van der Waals surface area contributed by atoms with Crippen molar-refractivity contribution in [3.63, 3.8) is 0 Å². The molecule has 0 bridgehead atoms. The van der Waals surface area contributed by atoms with Crippen molar-refractivity contribution in [2.75, 3.05) is 87.1 Å². The topological polar surface area (TPSA) is 240 Å². The number of benzene rings is 1. The standard InChI is InChI=1S/C90H168N18/c1-7-13-19-25-31-37-43-49-55-61-67-94-85-97-82(91)100-88(103-85)106(70-64-58-52-46-40-34-28-22-16-10-4)76-79-73-80(77-107(71-65-59-53-47-41-35-29-23-17-11-5)89-101-83(92)98-86(104-89)95-68-62-56-50-44-38-32-26-20-14-8-2)75-81(74-79)78-108(72-66-60-54-48-42-36-30-24-18-12-6)90-102-84(93)99-87(105-90)96-69-63-57-51-45-39-33-27-21-15-9-3/h73-75H,7-72,76-78H2,1-6H3,(H3,91,94,97,100,103)(H3,92,95,98,101,104)(H3,93,96,99,102,105). The van der Waals surface area contributed by atoms with Crippen LogP contribution in [0.15, 0.2) is 18.2 Å². The lowest BCUT2D eigenvalue weighted by Crippen LogP contribution is -2.29. The molecular weight excluding hydrogens is 1330 g/mol. The van der Waals surface area contributed by atoms with Crippen LogP contribution in [-0.4, -0.2) is 84.1 Å². The van der Waals surface area contributed by atoms with Gasteiger partial charge in [0.15, 0.2) is 0 Å². The summed E-state index contributed by atoms with van der Waals surface area (Å²) in [5.41, 5.74) is 23.6. The molecule has 0 saturated carbocycles. The number of nitrogens with zero attached hydrogens (tertiary/aromatic N) is 12. The van der Waals surface area contributed by atoms with Crippen molar-refractivity contribution in [1.82, 2.24) is 44.9 Å². The molecule has 3 heterocycles. The number of unbranched alkanes of at least 4 members (excludes halogenated alkanes) is 54. The maximum atomic E-state index is 6.72. The SMILES string of the molecule is CCCCCCCCCCCCNc1nc(N)nc(N(CCCCCCCCCCCC)Cc2cc(CN(CCCCCCCCCCCC)c3nc(N)nc(NCCCCCCCCCCCC)n3)cc(CN(CCCCCCCCCCCC)c3nc(N)nc(NCCCCCCCCCCCC)n3)c2)n1. The lowest BCUT2D eigenvalue weighted by Gasteiger charge is -2.27. The van der Waals surface area contributed by atoms with Crippen LogP contribution in [0.3, 0.4) is 0 Å². The number of aromatic nitrogens is 9. The second-order valence-corrected chi connectivity index (χ2v) is 32.2. The van der Waals surface area contributed by atoms with E-state index >= 15 is 0 Å². The van der Waals surface area contributed by atoms with Gasteiger partial charge >= 0.3 is 0 Å². The minimum Gasteiger partial charge on any atom is -0.368 e. The Kier molecular flexibility index (Phi) is 59.0. The Morgan fingerprint density at radius 2 is 0.380 bits per heavy atom. The Morgan fingerprint density at radius 3 is 0.565 bits per heavy atom. The summed E-state index contributed by atoms with van der Waals surface area (Å²) >= 11 is 0. The second-order valence-electron chi connectivity index (χ2n) is 32.2. The predicted octanol–water partition coefficient (Wildman–Crippen LogP) is 25.8. The Labute approximate surface area is 663 Å². The predicted molar refractivity (Wildman–Crippen MR) is 469 cm³/mol. The van der Waals surface area contributed by atoms with Gasteiger partial charge < -0.3 is 47.9 Å². The fourth-order valence-corrected chi connectivity index (χ4v) is 15.1. The summed E-state index contributed by atoms with van der Waals surface area (Å²) in [7, 11) is 0. The first-order valence-electron chi connectivity index (χ1n) is 46.3. The molecule has 0 aliphatic heterocycles. The van der Waals surface area contributed by atoms with Gasteiger partial charge in [-0.15, -0.1) is 0 Å². The van der Waals surface area contributed by atoms with Gasteiger partial charge in [-0.05, 0) is 55.2 Å². The van der Waals surface area contributed by atoms with Crippen LogP contribution in [0, 0.1) is 0 Å². The molecule has 0 amide bonds. The van der Waals surface area contributed by atoms with E-state index in [4.69, 9.17) is 62.1 Å². The van der Waals surface area contributed by atoms with E-state index < -0.39 is 0 Å². The number of nitrogen functional groups attached to an aromatic ring is 3. The van der Waals surface area contributed by atoms with Gasteiger partial charge in [0, 0.05) is 58.9 Å². The van der Waals surface area contributed by atoms with Gasteiger partial charge in [0.1, 0.15) is 0 Å². The van der Waals surface area contributed by atoms with Crippen LogP contribution in [-0.2, 0) is 19.6 Å². The van der Waals surface area contributed by atoms with E-state index in [1.165, 1.54) is 327 Å². The molecule has 618 valence electrons. The lowest BCUT2D eigenvalue weighted by molar-refractivity contribution is 0.551. The van der Waals surface area contributed by atoms with Gasteiger partial charge in [-0.1, -0.05) is 406 Å². The highest BCUT2D eigenvalue weighted by Gasteiger charge is 2.21. The average Bonchev–Trinajstić information content (AvgIpc) is 0.836. The number of nitrogens with two attached hydrogens (primary N) is 3. The first kappa shape index (κ1) is 94.8. The van der Waals surface area contributed by atoms with Crippen molar-refractivity contribution in [3.05, 3.63) is 34.9 Å². The van der Waals surface area contributed by atoms with E-state index in [0.717, 1.165) is 114 Å². The molecule has 4 aromatic rings. The van der Waals surface area contributed by atoms with E-state index in [1.807, 2.05) is 0 Å². The normalized spacial score (nSPS) is 11.5. The fourth-order valence-electron chi connectivity index (χ4n) is 15.1. The maximum Gasteiger partial charge on any atom is 0.232 e. The summed E-state index contributed by atoms with van der Waals surface area (Å²) in [5, 5.41) is 10.8. The van der Waals surface area contributed by atoms with Gasteiger partial charge in [0.05, 0.1) is 0 Å². The molecule has 108 heavy (non-hydrogen) atoms. The molecule has 4 rings (SSSR count). The van der Waals surface area contributed by atoms with Crippen LogP contribution in [0.1, 0.15) is 443 Å². The van der Waals surface area contributed by atoms with Crippen LogP contribution in [0.25, 0.3) is 0 Å². The Bertz CT molecular complexity index is 2400. The van der Waals surface area contributed by atoms with Gasteiger partial charge in [-0.25, -0.2) is 0 Å². The Balaban J connectivity index is 1.77. The molecule has 9 N–H and O–H groups in total. The molecule has 0 atom stereocenters. The highest BCUT2D eigenvalue weighted by Crippen LogP contribution is 2.27. The third kappa shape index (κ3) is 49.7. The molecule has 1 aromatic carbocycles. The van der Waals surface area contributed by atoms with Crippen LogP contribution >= 0.6 is 0 Å². The molecule has 0 fully saturated rings. The molecular formula is C90H168N18. The van der Waals surface area contributed by atoms with Gasteiger partial charge in [0.25, 0.3) is 0 Å². The lowest BCUT2D eigenvalue weighted by atomic mass is 10.0. The van der Waals surface area contributed by atoms with E-state index in [0.29, 0.717) is 55.3 Å². The number of hydrogen-bond acceptors (Lipinski definition) is 18. The van der Waals surface area contributed by atoms with Crippen molar-refractivity contribution in [2.24, 2.45) is 0 Å². The van der Waals surface area contributed by atoms with Gasteiger partial charge in [-0.3, -0.25) is 0 Å². The highest BCUT2D eigenvalue weighted by molar-refractivity contribution is 5.47. The first-order chi connectivity index (χ1) is 53.2. The average molecular weight is 1500 g/mol. The minimum absolute atomic E-state index is 0.237. The Hall–Kier alpha value is -5.55. The molecule has 3 aromatic heterocycles. The van der Waals surface area contributed by atoms with Crippen molar-refractivity contribution >= 4 is 53.5 Å². The zero-order chi connectivity index (χ0) is 77.1. The van der Waals surface area contributed by atoms with Crippen LogP contribution in [0.4, 0.5) is 53.5 Å². The van der Waals surface area contributed by atoms with E-state index in [-0.39, 0.29) is 17.8 Å². The van der Waals surface area contributed by atoms with E-state index in [1.54, 1.807) is 0 Å². The molecule has 0 unspecified atom stereocenters. The first-order valence-corrected chi connectivity index (χ1v) is 46.3. The fraction of sp³-hybridized carbons (Fsp3) is 0.833. The second kappa shape index (κ2) is 67.2. The number of rotatable bonds is 78. The molecule has 0 radical (unpaired) electrons. The summed E-state index contributed by atoms with van der Waals surface area (Å²) in [6.45, 7) is 20.2. The molecule has 0 aliphatic carbocycles. The van der Waals surface area contributed by atoms with Crippen molar-refractivity contribution in [3.8, 4) is 0 Å². The highest BCUT2D eigenvalue weighted by atomic mass is 15.3. The van der Waals surface area contributed by atoms with Crippen molar-refractivity contribution in [1.29, 1.82) is 0 Å². The minimum atomic E-state index is 0.237. The Morgan fingerprint density at radius 1 is 0.213 bits per heavy atom. The largest absolute Gasteiger partial charge is 0.368 e. The zero-order valence-corrected chi connectivity index (χ0v) is 71.1. The summed E-state index contributed by atoms with van der Waals surface area (Å²) in [6.07, 6.45) is 76.3. The monoisotopic (exact) mass is 1500 g/mol. The summed E-state index contributed by atoms with van der Waals surface area (Å²) in [5.74, 6) is 4.18. The number of hydrogen-bond donors (Lipinski definition) is 6. The quantitative estimate of drug-likeness (QED) is 0.0225. The smallest absolute Gasteiger partial charge is 0.232 e. The van der Waals surface area contributed by atoms with Crippen LogP contribution in [0.2, 0.25) is 0 Å². The third-order valence-corrected chi connectivity index (χ3v) is 21.8. The van der Waals surface area contributed by atoms with Gasteiger partial charge in [0.2, 0.25) is 53.5 Å². The third-order valence-electron chi connectivity index (χ3n) is 21.8. The van der Waals surface area contributed by atoms with Crippen molar-refractivity contribution in [2.45, 2.75) is 446 Å². The van der Waals surface area contributed by atoms with Gasteiger partial charge in [-0.2, -0.15) is 44.9 Å².